The van der Waals surface area contributed by atoms with Crippen LogP contribution in [0.25, 0.3) is 0 Å². The summed E-state index contributed by atoms with van der Waals surface area (Å²) in [7, 11) is 1.75. The number of nitrogens with zero attached hydrogens (tertiary/aromatic N) is 1. The molecule has 0 bridgehead atoms. The van der Waals surface area contributed by atoms with Gasteiger partial charge in [-0.25, -0.2) is 4.98 Å². The van der Waals surface area contributed by atoms with E-state index in [1.54, 1.807) is 13.4 Å². The van der Waals surface area contributed by atoms with Gasteiger partial charge in [0.1, 0.15) is 5.75 Å². The van der Waals surface area contributed by atoms with Crippen molar-refractivity contribution in [2.75, 3.05) is 7.11 Å². The molecule has 0 fully saturated rings. The molecule has 4 heteroatoms. The number of imidazole rings is 1. The summed E-state index contributed by atoms with van der Waals surface area (Å²) in [5.74, 6) is 1.63. The molecule has 1 aromatic heterocycles. The lowest BCUT2D eigenvalue weighted by molar-refractivity contribution is 0.410. The molecule has 1 atom stereocenters. The normalized spacial score (nSPS) is 17.1. The fraction of sp³-hybridized carbons (Fsp3) is 0.357. The van der Waals surface area contributed by atoms with Crippen LogP contribution in [0.4, 0.5) is 0 Å². The number of methoxy groups -OCH3 is 1. The highest BCUT2D eigenvalue weighted by Gasteiger charge is 2.25. The second-order valence-electron chi connectivity index (χ2n) is 4.54. The maximum atomic E-state index is 5.42. The van der Waals surface area contributed by atoms with Gasteiger partial charge in [0.05, 0.1) is 13.4 Å². The second kappa shape index (κ2) is 5.44. The van der Waals surface area contributed by atoms with Crippen molar-refractivity contribution in [2.24, 2.45) is 0 Å². The molecule has 1 aliphatic rings. The number of fused-ring (bicyclic) bond motifs is 1. The van der Waals surface area contributed by atoms with Gasteiger partial charge in [0, 0.05) is 11.9 Å². The topological polar surface area (TPSA) is 37.9 Å². The van der Waals surface area contributed by atoms with Gasteiger partial charge in [0.15, 0.2) is 0 Å². The lowest BCUT2D eigenvalue weighted by Crippen LogP contribution is -1.99. The third-order valence-electron chi connectivity index (χ3n) is 3.59. The zero-order valence-electron chi connectivity index (χ0n) is 10.3. The molecule has 3 nitrogen and oxygen atoms in total. The molecule has 0 aliphatic heterocycles. The zero-order valence-corrected chi connectivity index (χ0v) is 11.2. The Labute approximate surface area is 113 Å². The van der Waals surface area contributed by atoms with Gasteiger partial charge in [0.2, 0.25) is 0 Å². The Hall–Kier alpha value is -1.48. The highest BCUT2D eigenvalue weighted by atomic mass is 35.5. The van der Waals surface area contributed by atoms with Crippen molar-refractivity contribution < 1.29 is 4.74 Å². The number of rotatable bonds is 3. The number of nitrogens with one attached hydrogen (secondary N) is 1. The standard InChI is InChI=1S/C14H16N2O.ClH/c1-17-14-4-2-3-12-10(5-6-13(12)14)7-11-8-15-9-16-11;/h2-4,8-10H,5-7H2,1H3,(H,15,16);1H. The van der Waals surface area contributed by atoms with Crippen LogP contribution in [0.3, 0.4) is 0 Å². The quantitative estimate of drug-likeness (QED) is 0.925. The second-order valence-corrected chi connectivity index (χ2v) is 4.54. The monoisotopic (exact) mass is 264 g/mol. The Morgan fingerprint density at radius 3 is 3.06 bits per heavy atom. The maximum Gasteiger partial charge on any atom is 0.122 e. The Balaban J connectivity index is 0.00000120. The summed E-state index contributed by atoms with van der Waals surface area (Å²) in [5.41, 5.74) is 4.05. The molecule has 3 rings (SSSR count). The Bertz CT molecular complexity index is 511. The van der Waals surface area contributed by atoms with Crippen molar-refractivity contribution in [3.63, 3.8) is 0 Å². The van der Waals surface area contributed by atoms with E-state index < -0.39 is 0 Å². The Morgan fingerprint density at radius 1 is 1.44 bits per heavy atom. The van der Waals surface area contributed by atoms with Crippen LogP contribution in [0.2, 0.25) is 0 Å². The average Bonchev–Trinajstić information content (AvgIpc) is 2.99. The van der Waals surface area contributed by atoms with Crippen LogP contribution in [0, 0.1) is 0 Å². The first-order valence-electron chi connectivity index (χ1n) is 6.01. The third-order valence-corrected chi connectivity index (χ3v) is 3.59. The van der Waals surface area contributed by atoms with Crippen LogP contribution >= 0.6 is 12.4 Å². The predicted molar refractivity (Wildman–Crippen MR) is 73.6 cm³/mol. The largest absolute Gasteiger partial charge is 0.496 e. The zero-order chi connectivity index (χ0) is 11.7. The average molecular weight is 265 g/mol. The number of aromatic amines is 1. The number of aromatic nitrogens is 2. The van der Waals surface area contributed by atoms with Crippen molar-refractivity contribution in [2.45, 2.75) is 25.2 Å². The van der Waals surface area contributed by atoms with Crippen LogP contribution in [0.5, 0.6) is 5.75 Å². The summed E-state index contributed by atoms with van der Waals surface area (Å²) in [6, 6.07) is 6.37. The van der Waals surface area contributed by atoms with Gasteiger partial charge in [0.25, 0.3) is 0 Å². The molecule has 1 heterocycles. The van der Waals surface area contributed by atoms with Crippen LogP contribution in [-0.4, -0.2) is 17.1 Å². The first-order chi connectivity index (χ1) is 8.38. The molecule has 0 amide bonds. The lowest BCUT2D eigenvalue weighted by Gasteiger charge is -2.11. The molecule has 0 spiro atoms. The molecule has 18 heavy (non-hydrogen) atoms. The molecule has 2 aromatic rings. The van der Waals surface area contributed by atoms with Gasteiger partial charge in [-0.05, 0) is 42.4 Å². The highest BCUT2D eigenvalue weighted by Crippen LogP contribution is 2.39. The van der Waals surface area contributed by atoms with Crippen LogP contribution in [-0.2, 0) is 12.8 Å². The van der Waals surface area contributed by atoms with Crippen molar-refractivity contribution >= 4 is 12.4 Å². The molecule has 0 saturated heterocycles. The molecular formula is C14H17ClN2O. The van der Waals surface area contributed by atoms with Crippen LogP contribution in [0.1, 0.15) is 29.2 Å². The molecule has 1 N–H and O–H groups in total. The molecule has 96 valence electrons. The van der Waals surface area contributed by atoms with Gasteiger partial charge < -0.3 is 9.72 Å². The van der Waals surface area contributed by atoms with Crippen molar-refractivity contribution in [3.05, 3.63) is 47.5 Å². The van der Waals surface area contributed by atoms with Crippen molar-refractivity contribution in [3.8, 4) is 5.75 Å². The molecule has 1 unspecified atom stereocenters. The summed E-state index contributed by atoms with van der Waals surface area (Å²) >= 11 is 0. The lowest BCUT2D eigenvalue weighted by atomic mass is 9.96. The van der Waals surface area contributed by atoms with Gasteiger partial charge >= 0.3 is 0 Å². The fourth-order valence-corrected chi connectivity index (χ4v) is 2.77. The van der Waals surface area contributed by atoms with Crippen molar-refractivity contribution in [1.29, 1.82) is 0 Å². The minimum atomic E-state index is 0. The van der Waals surface area contributed by atoms with E-state index in [-0.39, 0.29) is 12.4 Å². The van der Waals surface area contributed by atoms with E-state index in [4.69, 9.17) is 4.74 Å². The molecule has 1 aliphatic carbocycles. The van der Waals surface area contributed by atoms with E-state index >= 15 is 0 Å². The van der Waals surface area contributed by atoms with E-state index in [1.165, 1.54) is 23.2 Å². The molecule has 1 aromatic carbocycles. The van der Waals surface area contributed by atoms with E-state index in [2.05, 4.69) is 28.2 Å². The van der Waals surface area contributed by atoms with Gasteiger partial charge in [-0.15, -0.1) is 12.4 Å². The molecule has 0 radical (unpaired) electrons. The van der Waals surface area contributed by atoms with Crippen LogP contribution < -0.4 is 4.74 Å². The third kappa shape index (κ3) is 2.23. The smallest absolute Gasteiger partial charge is 0.122 e. The van der Waals surface area contributed by atoms with Gasteiger partial charge in [-0.1, -0.05) is 12.1 Å². The van der Waals surface area contributed by atoms with E-state index in [9.17, 15) is 0 Å². The minimum Gasteiger partial charge on any atom is -0.496 e. The molecular weight excluding hydrogens is 248 g/mol. The summed E-state index contributed by atoms with van der Waals surface area (Å²) in [6.07, 6.45) is 7.03. The number of hydrogen-bond acceptors (Lipinski definition) is 2. The Kier molecular flexibility index (Phi) is 3.92. The number of hydrogen-bond donors (Lipinski definition) is 1. The highest BCUT2D eigenvalue weighted by molar-refractivity contribution is 5.85. The van der Waals surface area contributed by atoms with Crippen LogP contribution in [0.15, 0.2) is 30.7 Å². The maximum absolute atomic E-state index is 5.42. The summed E-state index contributed by atoms with van der Waals surface area (Å²) in [6.45, 7) is 0. The summed E-state index contributed by atoms with van der Waals surface area (Å²) < 4.78 is 5.42. The summed E-state index contributed by atoms with van der Waals surface area (Å²) in [5, 5.41) is 0. The number of halogens is 1. The first-order valence-corrected chi connectivity index (χ1v) is 6.01. The predicted octanol–water partition coefficient (Wildman–Crippen LogP) is 3.11. The Morgan fingerprint density at radius 2 is 2.33 bits per heavy atom. The summed E-state index contributed by atoms with van der Waals surface area (Å²) in [4.78, 5) is 7.25. The SMILES string of the molecule is COc1cccc2c1CCC2Cc1cnc[nH]1.Cl. The first kappa shape index (κ1) is 13.0. The van der Waals surface area contributed by atoms with E-state index in [1.807, 2.05) is 6.20 Å². The van der Waals surface area contributed by atoms with Gasteiger partial charge in [-0.2, -0.15) is 0 Å². The number of ether oxygens (including phenoxy) is 1. The molecule has 0 saturated carbocycles. The minimum absolute atomic E-state index is 0. The number of H-pyrrole nitrogens is 1. The van der Waals surface area contributed by atoms with E-state index in [0.29, 0.717) is 5.92 Å². The van der Waals surface area contributed by atoms with Crippen molar-refractivity contribution in [1.82, 2.24) is 9.97 Å². The fourth-order valence-electron chi connectivity index (χ4n) is 2.77. The number of benzene rings is 1. The van der Waals surface area contributed by atoms with E-state index in [0.717, 1.165) is 18.6 Å². The van der Waals surface area contributed by atoms with Gasteiger partial charge in [-0.3, -0.25) is 0 Å².